The van der Waals surface area contributed by atoms with Crippen molar-refractivity contribution in [2.24, 2.45) is 5.92 Å². The van der Waals surface area contributed by atoms with Crippen molar-refractivity contribution < 1.29 is 33.8 Å². The van der Waals surface area contributed by atoms with Gasteiger partial charge in [-0.25, -0.2) is 14.5 Å². The van der Waals surface area contributed by atoms with E-state index < -0.39 is 41.6 Å². The van der Waals surface area contributed by atoms with E-state index in [-0.39, 0.29) is 12.2 Å². The standard InChI is InChI=1S/C15H19NO7/c1-15(2,3)23-14(21)16-9(13(19)20)7-8(12(16)18)11(17)10-5-4-6-22-10/h4-6,8-9,11,17H,7H2,1-3H3,(H,19,20). The van der Waals surface area contributed by atoms with Crippen LogP contribution in [0.15, 0.2) is 22.8 Å². The molecule has 0 saturated carbocycles. The number of hydrogen-bond acceptors (Lipinski definition) is 6. The Labute approximate surface area is 132 Å². The predicted octanol–water partition coefficient (Wildman–Crippen LogP) is 1.55. The third-order valence-electron chi connectivity index (χ3n) is 3.43. The van der Waals surface area contributed by atoms with Crippen LogP contribution >= 0.6 is 0 Å². The Morgan fingerprint density at radius 2 is 2.09 bits per heavy atom. The van der Waals surface area contributed by atoms with Gasteiger partial charge in [0.05, 0.1) is 12.2 Å². The topological polar surface area (TPSA) is 117 Å². The maximum atomic E-state index is 12.4. The molecule has 1 fully saturated rings. The van der Waals surface area contributed by atoms with Crippen molar-refractivity contribution in [2.45, 2.75) is 44.9 Å². The summed E-state index contributed by atoms with van der Waals surface area (Å²) in [5.41, 5.74) is -0.877. The molecule has 1 aromatic heterocycles. The van der Waals surface area contributed by atoms with Crippen LogP contribution in [0.4, 0.5) is 4.79 Å². The lowest BCUT2D eigenvalue weighted by Gasteiger charge is -2.25. The summed E-state index contributed by atoms with van der Waals surface area (Å²) in [5.74, 6) is -3.08. The normalized spacial score (nSPS) is 23.0. The van der Waals surface area contributed by atoms with Crippen LogP contribution in [0, 0.1) is 5.92 Å². The molecule has 0 radical (unpaired) electrons. The first-order valence-electron chi connectivity index (χ1n) is 7.12. The predicted molar refractivity (Wildman–Crippen MR) is 76.3 cm³/mol. The smallest absolute Gasteiger partial charge is 0.417 e. The summed E-state index contributed by atoms with van der Waals surface area (Å²) in [5, 5.41) is 19.5. The molecule has 1 aliphatic heterocycles. The van der Waals surface area contributed by atoms with E-state index in [4.69, 9.17) is 9.15 Å². The SMILES string of the molecule is CC(C)(C)OC(=O)N1C(=O)C(C(O)c2ccco2)CC1C(=O)O. The molecule has 0 spiro atoms. The van der Waals surface area contributed by atoms with E-state index in [0.29, 0.717) is 4.90 Å². The zero-order valence-electron chi connectivity index (χ0n) is 13.1. The second-order valence-electron chi connectivity index (χ2n) is 6.35. The van der Waals surface area contributed by atoms with Crippen molar-refractivity contribution in [1.29, 1.82) is 0 Å². The molecule has 3 atom stereocenters. The van der Waals surface area contributed by atoms with E-state index in [9.17, 15) is 24.6 Å². The van der Waals surface area contributed by atoms with Gasteiger partial charge in [0, 0.05) is 0 Å². The highest BCUT2D eigenvalue weighted by atomic mass is 16.6. The number of furan rings is 1. The molecule has 2 N–H and O–H groups in total. The monoisotopic (exact) mass is 325 g/mol. The van der Waals surface area contributed by atoms with E-state index >= 15 is 0 Å². The lowest BCUT2D eigenvalue weighted by molar-refractivity contribution is -0.146. The van der Waals surface area contributed by atoms with E-state index in [0.717, 1.165) is 0 Å². The Morgan fingerprint density at radius 3 is 2.57 bits per heavy atom. The van der Waals surface area contributed by atoms with Crippen LogP contribution in [-0.4, -0.2) is 44.7 Å². The molecule has 2 rings (SSSR count). The maximum Gasteiger partial charge on any atom is 0.417 e. The lowest BCUT2D eigenvalue weighted by atomic mass is 9.97. The maximum absolute atomic E-state index is 12.4. The fraction of sp³-hybridized carbons (Fsp3) is 0.533. The van der Waals surface area contributed by atoms with Gasteiger partial charge in [-0.3, -0.25) is 4.79 Å². The number of carbonyl (C=O) groups excluding carboxylic acids is 2. The highest BCUT2D eigenvalue weighted by molar-refractivity contribution is 6.00. The summed E-state index contributed by atoms with van der Waals surface area (Å²) in [4.78, 5) is 36.5. The van der Waals surface area contributed by atoms with Crippen molar-refractivity contribution in [3.05, 3.63) is 24.2 Å². The number of rotatable bonds is 3. The van der Waals surface area contributed by atoms with Crippen molar-refractivity contribution in [3.63, 3.8) is 0 Å². The molecule has 1 aliphatic rings. The highest BCUT2D eigenvalue weighted by Gasteiger charge is 2.51. The number of aliphatic hydroxyl groups excluding tert-OH is 1. The Bertz CT molecular complexity index is 602. The van der Waals surface area contributed by atoms with Crippen LogP contribution in [0.1, 0.15) is 39.1 Å². The van der Waals surface area contributed by atoms with Crippen LogP contribution in [-0.2, 0) is 14.3 Å². The van der Waals surface area contributed by atoms with Crippen LogP contribution < -0.4 is 0 Å². The van der Waals surface area contributed by atoms with Gasteiger partial charge < -0.3 is 19.4 Å². The van der Waals surface area contributed by atoms with Crippen molar-refractivity contribution in [3.8, 4) is 0 Å². The number of imide groups is 1. The summed E-state index contributed by atoms with van der Waals surface area (Å²) in [7, 11) is 0. The number of aliphatic carboxylic acids is 1. The number of carbonyl (C=O) groups is 3. The average Bonchev–Trinajstić information content (AvgIpc) is 3.02. The van der Waals surface area contributed by atoms with Gasteiger partial charge in [-0.2, -0.15) is 0 Å². The number of ether oxygens (including phenoxy) is 1. The van der Waals surface area contributed by atoms with E-state index in [1.165, 1.54) is 18.4 Å². The molecule has 1 aromatic rings. The Morgan fingerprint density at radius 1 is 1.43 bits per heavy atom. The summed E-state index contributed by atoms with van der Waals surface area (Å²) in [6, 6.07) is 1.63. The first-order valence-corrected chi connectivity index (χ1v) is 7.12. The second kappa shape index (κ2) is 6.04. The quantitative estimate of drug-likeness (QED) is 0.865. The fourth-order valence-corrected chi connectivity index (χ4v) is 2.44. The molecule has 0 aliphatic carbocycles. The molecule has 8 heteroatoms. The van der Waals surface area contributed by atoms with Gasteiger partial charge in [-0.15, -0.1) is 0 Å². The van der Waals surface area contributed by atoms with Crippen LogP contribution in [0.25, 0.3) is 0 Å². The number of hydrogen-bond donors (Lipinski definition) is 2. The summed E-state index contributed by atoms with van der Waals surface area (Å²) < 4.78 is 10.1. The third kappa shape index (κ3) is 3.53. The Balaban J connectivity index is 2.25. The third-order valence-corrected chi connectivity index (χ3v) is 3.43. The zero-order valence-corrected chi connectivity index (χ0v) is 13.1. The van der Waals surface area contributed by atoms with Gasteiger partial charge in [0.25, 0.3) is 0 Å². The summed E-state index contributed by atoms with van der Waals surface area (Å²) in [6.45, 7) is 4.82. The minimum atomic E-state index is -1.38. The first-order chi connectivity index (χ1) is 10.6. The number of nitrogens with zero attached hydrogens (tertiary/aromatic N) is 1. The molecule has 2 amide bonds. The van der Waals surface area contributed by atoms with E-state index in [1.54, 1.807) is 20.8 Å². The molecule has 3 unspecified atom stereocenters. The number of aliphatic hydroxyl groups is 1. The Hall–Kier alpha value is -2.35. The lowest BCUT2D eigenvalue weighted by Crippen LogP contribution is -2.46. The molecule has 1 saturated heterocycles. The molecule has 0 aromatic carbocycles. The number of amides is 2. The number of likely N-dealkylation sites (tertiary alicyclic amines) is 1. The van der Waals surface area contributed by atoms with Crippen molar-refractivity contribution in [1.82, 2.24) is 4.90 Å². The van der Waals surface area contributed by atoms with E-state index in [2.05, 4.69) is 0 Å². The van der Waals surface area contributed by atoms with Gasteiger partial charge in [0.2, 0.25) is 5.91 Å². The minimum Gasteiger partial charge on any atom is -0.480 e. The van der Waals surface area contributed by atoms with E-state index in [1.807, 2.05) is 0 Å². The number of carboxylic acid groups (broad SMARTS) is 1. The van der Waals surface area contributed by atoms with Gasteiger partial charge in [0.15, 0.2) is 0 Å². The molecule has 126 valence electrons. The largest absolute Gasteiger partial charge is 0.480 e. The summed E-state index contributed by atoms with van der Waals surface area (Å²) in [6.07, 6.45) is -1.25. The molecular formula is C15H19NO7. The van der Waals surface area contributed by atoms with Gasteiger partial charge >= 0.3 is 12.1 Å². The average molecular weight is 325 g/mol. The molecule has 2 heterocycles. The van der Waals surface area contributed by atoms with Crippen molar-refractivity contribution in [2.75, 3.05) is 0 Å². The van der Waals surface area contributed by atoms with Crippen molar-refractivity contribution >= 4 is 18.0 Å². The van der Waals surface area contributed by atoms with Gasteiger partial charge in [0.1, 0.15) is 23.5 Å². The minimum absolute atomic E-state index is 0.138. The van der Waals surface area contributed by atoms with Crippen LogP contribution in [0.5, 0.6) is 0 Å². The first kappa shape index (κ1) is 17.0. The summed E-state index contributed by atoms with van der Waals surface area (Å²) >= 11 is 0. The second-order valence-corrected chi connectivity index (χ2v) is 6.35. The molecule has 0 bridgehead atoms. The Kier molecular flexibility index (Phi) is 4.46. The molecular weight excluding hydrogens is 306 g/mol. The van der Waals surface area contributed by atoms with Crippen LogP contribution in [0.3, 0.4) is 0 Å². The fourth-order valence-electron chi connectivity index (χ4n) is 2.44. The van der Waals surface area contributed by atoms with Gasteiger partial charge in [-0.05, 0) is 39.3 Å². The number of carboxylic acids is 1. The van der Waals surface area contributed by atoms with Crippen LogP contribution in [0.2, 0.25) is 0 Å². The molecule has 8 nitrogen and oxygen atoms in total. The zero-order chi connectivity index (χ0) is 17.4. The highest BCUT2D eigenvalue weighted by Crippen LogP contribution is 2.35. The molecule has 23 heavy (non-hydrogen) atoms. The van der Waals surface area contributed by atoms with Gasteiger partial charge in [-0.1, -0.05) is 0 Å².